The number of benzene rings is 2. The number of carbonyl (C=O) groups excluding carboxylic acids is 1. The van der Waals surface area contributed by atoms with E-state index < -0.39 is 12.1 Å². The van der Waals surface area contributed by atoms with Gasteiger partial charge in [0.1, 0.15) is 11.8 Å². The summed E-state index contributed by atoms with van der Waals surface area (Å²) in [5.41, 5.74) is 1.33. The van der Waals surface area contributed by atoms with E-state index >= 15 is 0 Å². The fourth-order valence-electron chi connectivity index (χ4n) is 2.32. The van der Waals surface area contributed by atoms with Crippen LogP contribution in [-0.4, -0.2) is 20.1 Å². The van der Waals surface area contributed by atoms with Gasteiger partial charge < -0.3 is 14.8 Å². The van der Waals surface area contributed by atoms with Crippen molar-refractivity contribution >= 4 is 5.91 Å². The zero-order valence-electron chi connectivity index (χ0n) is 13.0. The maximum Gasteiger partial charge on any atom is 0.255 e. The number of nitrogens with one attached hydrogen (secondary N) is 1. The number of nitriles is 1. The van der Waals surface area contributed by atoms with E-state index in [1.165, 1.54) is 14.2 Å². The van der Waals surface area contributed by atoms with Crippen LogP contribution in [0.1, 0.15) is 23.3 Å². The first-order valence-corrected chi connectivity index (χ1v) is 7.12. The molecule has 2 unspecified atom stereocenters. The number of para-hydroxylation sites is 1. The molecule has 118 valence electrons. The molecule has 0 fully saturated rings. The molecule has 0 aliphatic carbocycles. The van der Waals surface area contributed by atoms with Crippen molar-refractivity contribution in [3.63, 3.8) is 0 Å². The van der Waals surface area contributed by atoms with Crippen molar-refractivity contribution in [1.82, 2.24) is 5.32 Å². The molecule has 2 atom stereocenters. The Labute approximate surface area is 135 Å². The van der Waals surface area contributed by atoms with Gasteiger partial charge >= 0.3 is 0 Å². The Kier molecular flexibility index (Phi) is 5.73. The SMILES string of the molecule is COc1ccccc1C(C#N)NC(=O)C(OC)c1ccccc1. The number of methoxy groups -OCH3 is 2. The highest BCUT2D eigenvalue weighted by Crippen LogP contribution is 2.25. The lowest BCUT2D eigenvalue weighted by molar-refractivity contribution is -0.131. The highest BCUT2D eigenvalue weighted by molar-refractivity contribution is 5.83. The molecule has 5 nitrogen and oxygen atoms in total. The Hall–Kier alpha value is -2.84. The van der Waals surface area contributed by atoms with Gasteiger partial charge in [-0.3, -0.25) is 4.79 Å². The molecule has 1 N–H and O–H groups in total. The van der Waals surface area contributed by atoms with Crippen LogP contribution in [0, 0.1) is 11.3 Å². The van der Waals surface area contributed by atoms with Crippen LogP contribution in [0.5, 0.6) is 5.75 Å². The molecule has 2 aromatic carbocycles. The normalized spacial score (nSPS) is 12.7. The highest BCUT2D eigenvalue weighted by atomic mass is 16.5. The van der Waals surface area contributed by atoms with Crippen LogP contribution >= 0.6 is 0 Å². The van der Waals surface area contributed by atoms with Crippen LogP contribution in [0.2, 0.25) is 0 Å². The van der Waals surface area contributed by atoms with E-state index in [1.54, 1.807) is 36.4 Å². The zero-order chi connectivity index (χ0) is 16.7. The van der Waals surface area contributed by atoms with Gasteiger partial charge in [-0.05, 0) is 11.6 Å². The first-order valence-electron chi connectivity index (χ1n) is 7.12. The molecule has 0 aromatic heterocycles. The first-order chi connectivity index (χ1) is 11.2. The predicted octanol–water partition coefficient (Wildman–Crippen LogP) is 2.76. The summed E-state index contributed by atoms with van der Waals surface area (Å²) < 4.78 is 10.5. The minimum atomic E-state index is -0.819. The summed E-state index contributed by atoms with van der Waals surface area (Å²) in [6, 6.07) is 17.5. The van der Waals surface area contributed by atoms with E-state index in [1.807, 2.05) is 18.2 Å². The van der Waals surface area contributed by atoms with Gasteiger partial charge in [-0.25, -0.2) is 0 Å². The zero-order valence-corrected chi connectivity index (χ0v) is 13.0. The molecular weight excluding hydrogens is 292 g/mol. The molecule has 0 bridgehead atoms. The van der Waals surface area contributed by atoms with Crippen LogP contribution in [0.15, 0.2) is 54.6 Å². The van der Waals surface area contributed by atoms with Gasteiger partial charge in [-0.15, -0.1) is 0 Å². The molecule has 0 saturated carbocycles. The van der Waals surface area contributed by atoms with Crippen molar-refractivity contribution in [3.8, 4) is 11.8 Å². The average Bonchev–Trinajstić information content (AvgIpc) is 2.61. The Balaban J connectivity index is 2.21. The molecular formula is C18H18N2O3. The molecule has 0 spiro atoms. The lowest BCUT2D eigenvalue weighted by atomic mass is 10.0. The number of carbonyl (C=O) groups is 1. The van der Waals surface area contributed by atoms with Crippen LogP contribution in [0.25, 0.3) is 0 Å². The smallest absolute Gasteiger partial charge is 0.255 e. The third-order valence-electron chi connectivity index (χ3n) is 3.44. The molecule has 0 saturated heterocycles. The fraction of sp³-hybridized carbons (Fsp3) is 0.222. The number of hydrogen-bond donors (Lipinski definition) is 1. The number of ether oxygens (including phenoxy) is 2. The minimum Gasteiger partial charge on any atom is -0.496 e. The Morgan fingerprint density at radius 3 is 2.35 bits per heavy atom. The topological polar surface area (TPSA) is 71.3 Å². The maximum atomic E-state index is 12.5. The van der Waals surface area contributed by atoms with Crippen molar-refractivity contribution in [2.24, 2.45) is 0 Å². The highest BCUT2D eigenvalue weighted by Gasteiger charge is 2.24. The summed E-state index contributed by atoms with van der Waals surface area (Å²) in [7, 11) is 2.98. The molecule has 0 heterocycles. The van der Waals surface area contributed by atoms with E-state index in [9.17, 15) is 10.1 Å². The van der Waals surface area contributed by atoms with Crippen molar-refractivity contribution in [3.05, 3.63) is 65.7 Å². The third-order valence-corrected chi connectivity index (χ3v) is 3.44. The lowest BCUT2D eigenvalue weighted by Crippen LogP contribution is -2.33. The molecule has 23 heavy (non-hydrogen) atoms. The molecule has 0 aliphatic rings. The van der Waals surface area contributed by atoms with Crippen LogP contribution in [0.3, 0.4) is 0 Å². The largest absolute Gasteiger partial charge is 0.496 e. The standard InChI is InChI=1S/C18H18N2O3/c1-22-16-11-7-6-10-14(16)15(12-19)20-18(21)17(23-2)13-8-4-3-5-9-13/h3-11,15,17H,1-2H3,(H,20,21). The van der Waals surface area contributed by atoms with Gasteiger partial charge in [0.25, 0.3) is 5.91 Å². The monoisotopic (exact) mass is 310 g/mol. The predicted molar refractivity (Wildman–Crippen MR) is 85.7 cm³/mol. The second kappa shape index (κ2) is 7.97. The number of amides is 1. The molecule has 0 aliphatic heterocycles. The average molecular weight is 310 g/mol. The molecule has 1 amide bonds. The van der Waals surface area contributed by atoms with Gasteiger partial charge in [0.05, 0.1) is 13.2 Å². The molecule has 5 heteroatoms. The third kappa shape index (κ3) is 3.87. The van der Waals surface area contributed by atoms with E-state index in [-0.39, 0.29) is 5.91 Å². The summed E-state index contributed by atoms with van der Waals surface area (Å²) in [6.45, 7) is 0. The van der Waals surface area contributed by atoms with Gasteiger partial charge in [-0.1, -0.05) is 48.5 Å². The summed E-state index contributed by atoms with van der Waals surface area (Å²) in [6.07, 6.45) is -0.776. The summed E-state index contributed by atoms with van der Waals surface area (Å²) >= 11 is 0. The first kappa shape index (κ1) is 16.5. The van der Waals surface area contributed by atoms with E-state index in [0.717, 1.165) is 5.56 Å². The molecule has 2 rings (SSSR count). The van der Waals surface area contributed by atoms with Crippen LogP contribution in [-0.2, 0) is 9.53 Å². The second-order valence-electron chi connectivity index (χ2n) is 4.84. The van der Waals surface area contributed by atoms with Gasteiger partial charge in [0.2, 0.25) is 0 Å². The van der Waals surface area contributed by atoms with Crippen molar-refractivity contribution in [2.45, 2.75) is 12.1 Å². The van der Waals surface area contributed by atoms with E-state index in [0.29, 0.717) is 11.3 Å². The van der Waals surface area contributed by atoms with Gasteiger partial charge in [0, 0.05) is 12.7 Å². The van der Waals surface area contributed by atoms with Gasteiger partial charge in [0.15, 0.2) is 6.10 Å². The number of rotatable bonds is 6. The van der Waals surface area contributed by atoms with Crippen molar-refractivity contribution in [1.29, 1.82) is 5.26 Å². The number of nitrogens with zero attached hydrogens (tertiary/aromatic N) is 1. The lowest BCUT2D eigenvalue weighted by Gasteiger charge is -2.19. The summed E-state index contributed by atoms with van der Waals surface area (Å²) in [5, 5.41) is 12.1. The van der Waals surface area contributed by atoms with E-state index in [2.05, 4.69) is 11.4 Å². The summed E-state index contributed by atoms with van der Waals surface area (Å²) in [4.78, 5) is 12.5. The quantitative estimate of drug-likeness (QED) is 0.890. The van der Waals surface area contributed by atoms with Crippen molar-refractivity contribution < 1.29 is 14.3 Å². The summed E-state index contributed by atoms with van der Waals surface area (Å²) in [5.74, 6) is 0.171. The van der Waals surface area contributed by atoms with Crippen LogP contribution < -0.4 is 10.1 Å². The molecule has 0 radical (unpaired) electrons. The Morgan fingerprint density at radius 1 is 1.09 bits per heavy atom. The van der Waals surface area contributed by atoms with E-state index in [4.69, 9.17) is 9.47 Å². The maximum absolute atomic E-state index is 12.5. The fourth-order valence-corrected chi connectivity index (χ4v) is 2.32. The Morgan fingerprint density at radius 2 is 1.74 bits per heavy atom. The van der Waals surface area contributed by atoms with Crippen molar-refractivity contribution in [2.75, 3.05) is 14.2 Å². The minimum absolute atomic E-state index is 0.379. The van der Waals surface area contributed by atoms with Gasteiger partial charge in [-0.2, -0.15) is 5.26 Å². The Bertz CT molecular complexity index is 695. The number of hydrogen-bond acceptors (Lipinski definition) is 4. The van der Waals surface area contributed by atoms with Crippen LogP contribution in [0.4, 0.5) is 0 Å². The molecule has 2 aromatic rings. The second-order valence-corrected chi connectivity index (χ2v) is 4.84.